The average molecular weight is 211 g/mol. The van der Waals surface area contributed by atoms with Crippen LogP contribution in [0.3, 0.4) is 0 Å². The molecule has 2 rings (SSSR count). The van der Waals surface area contributed by atoms with Crippen LogP contribution in [0.1, 0.15) is 19.3 Å². The first-order valence-electron chi connectivity index (χ1n) is 6.30. The molecule has 15 heavy (non-hydrogen) atoms. The van der Waals surface area contributed by atoms with Crippen molar-refractivity contribution in [2.45, 2.75) is 19.3 Å². The maximum Gasteiger partial charge on any atom is 0.0110 e. The van der Waals surface area contributed by atoms with Crippen LogP contribution in [0.25, 0.3) is 0 Å². The summed E-state index contributed by atoms with van der Waals surface area (Å²) in [6.45, 7) is 7.55. The molecule has 1 N–H and O–H groups in total. The zero-order valence-electron chi connectivity index (χ0n) is 10.3. The monoisotopic (exact) mass is 211 g/mol. The lowest BCUT2D eigenvalue weighted by Crippen LogP contribution is -2.52. The fourth-order valence-corrected chi connectivity index (χ4v) is 2.92. The van der Waals surface area contributed by atoms with Gasteiger partial charge in [0.15, 0.2) is 0 Å². The normalized spacial score (nSPS) is 27.6. The van der Waals surface area contributed by atoms with Gasteiger partial charge in [-0.05, 0) is 32.4 Å². The molecule has 1 heterocycles. The van der Waals surface area contributed by atoms with E-state index in [1.54, 1.807) is 0 Å². The predicted octanol–water partition coefficient (Wildman–Crippen LogP) is 0.624. The van der Waals surface area contributed by atoms with E-state index in [2.05, 4.69) is 29.2 Å². The third-order valence-corrected chi connectivity index (χ3v) is 4.12. The van der Waals surface area contributed by atoms with Gasteiger partial charge in [0, 0.05) is 39.3 Å². The molecule has 1 saturated heterocycles. The van der Waals surface area contributed by atoms with Crippen molar-refractivity contribution in [3.8, 4) is 0 Å². The van der Waals surface area contributed by atoms with E-state index in [0.29, 0.717) is 5.41 Å². The molecule has 2 fully saturated rings. The zero-order chi connectivity index (χ0) is 10.7. The topological polar surface area (TPSA) is 18.5 Å². The quantitative estimate of drug-likeness (QED) is 0.735. The molecule has 0 unspecified atom stereocenters. The number of hydrogen-bond donors (Lipinski definition) is 1. The Balaban J connectivity index is 1.79. The number of hydrogen-bond acceptors (Lipinski definition) is 3. The summed E-state index contributed by atoms with van der Waals surface area (Å²) in [4.78, 5) is 5.10. The molecule has 1 aliphatic carbocycles. The van der Waals surface area contributed by atoms with E-state index >= 15 is 0 Å². The third-order valence-electron chi connectivity index (χ3n) is 4.12. The maximum absolute atomic E-state index is 3.37. The number of rotatable bonds is 4. The zero-order valence-corrected chi connectivity index (χ0v) is 10.3. The molecule has 88 valence electrons. The van der Waals surface area contributed by atoms with E-state index in [4.69, 9.17) is 0 Å². The molecule has 2 aliphatic rings. The molecule has 0 aromatic rings. The van der Waals surface area contributed by atoms with Crippen LogP contribution in [-0.2, 0) is 0 Å². The van der Waals surface area contributed by atoms with Crippen molar-refractivity contribution in [2.75, 3.05) is 53.4 Å². The second-order valence-corrected chi connectivity index (χ2v) is 5.46. The Labute approximate surface area is 93.8 Å². The van der Waals surface area contributed by atoms with Gasteiger partial charge in [-0.2, -0.15) is 0 Å². The number of piperazine rings is 1. The highest BCUT2D eigenvalue weighted by Gasteiger charge is 2.38. The van der Waals surface area contributed by atoms with E-state index < -0.39 is 0 Å². The van der Waals surface area contributed by atoms with Crippen molar-refractivity contribution in [1.29, 1.82) is 0 Å². The first-order valence-corrected chi connectivity index (χ1v) is 6.30. The largest absolute Gasteiger partial charge is 0.319 e. The predicted molar refractivity (Wildman–Crippen MR) is 64.1 cm³/mol. The first kappa shape index (κ1) is 11.4. The van der Waals surface area contributed by atoms with Crippen LogP contribution in [0.15, 0.2) is 0 Å². The second-order valence-electron chi connectivity index (χ2n) is 5.46. The smallest absolute Gasteiger partial charge is 0.0110 e. The molecular weight excluding hydrogens is 186 g/mol. The van der Waals surface area contributed by atoms with Gasteiger partial charge in [0.1, 0.15) is 0 Å². The van der Waals surface area contributed by atoms with Gasteiger partial charge in [0.05, 0.1) is 0 Å². The lowest BCUT2D eigenvalue weighted by Gasteiger charge is -2.46. The van der Waals surface area contributed by atoms with Crippen molar-refractivity contribution < 1.29 is 0 Å². The highest BCUT2D eigenvalue weighted by Crippen LogP contribution is 2.41. The van der Waals surface area contributed by atoms with Crippen LogP contribution in [0.4, 0.5) is 0 Å². The van der Waals surface area contributed by atoms with Crippen LogP contribution >= 0.6 is 0 Å². The van der Waals surface area contributed by atoms with Gasteiger partial charge < -0.3 is 15.1 Å². The van der Waals surface area contributed by atoms with Gasteiger partial charge in [0.2, 0.25) is 0 Å². The first-order chi connectivity index (χ1) is 7.24. The third kappa shape index (κ3) is 2.71. The highest BCUT2D eigenvalue weighted by atomic mass is 15.2. The van der Waals surface area contributed by atoms with E-state index in [9.17, 15) is 0 Å². The molecular formula is C12H25N3. The Morgan fingerprint density at radius 2 is 1.80 bits per heavy atom. The molecule has 0 atom stereocenters. The summed E-state index contributed by atoms with van der Waals surface area (Å²) in [5.74, 6) is 0. The van der Waals surface area contributed by atoms with E-state index in [1.807, 2.05) is 0 Å². The van der Waals surface area contributed by atoms with E-state index in [0.717, 1.165) is 0 Å². The molecule has 0 spiro atoms. The SMILES string of the molecule is CNCC1(CN2CCN(C)CC2)CCC1. The lowest BCUT2D eigenvalue weighted by molar-refractivity contribution is 0.0441. The van der Waals surface area contributed by atoms with Crippen molar-refractivity contribution in [2.24, 2.45) is 5.41 Å². The van der Waals surface area contributed by atoms with Crippen LogP contribution < -0.4 is 5.32 Å². The molecule has 3 nitrogen and oxygen atoms in total. The molecule has 1 saturated carbocycles. The second kappa shape index (κ2) is 4.81. The molecule has 0 radical (unpaired) electrons. The lowest BCUT2D eigenvalue weighted by atomic mass is 9.68. The number of nitrogens with one attached hydrogen (secondary N) is 1. The fraction of sp³-hybridized carbons (Fsp3) is 1.00. The molecule has 0 aromatic heterocycles. The standard InChI is InChI=1S/C12H25N3/c1-13-10-12(4-3-5-12)11-15-8-6-14(2)7-9-15/h13H,3-11H2,1-2H3. The summed E-state index contributed by atoms with van der Waals surface area (Å²) < 4.78 is 0. The molecule has 0 amide bonds. The van der Waals surface area contributed by atoms with Gasteiger partial charge in [-0.3, -0.25) is 0 Å². The molecule has 3 heteroatoms. The number of nitrogens with zero attached hydrogens (tertiary/aromatic N) is 2. The Morgan fingerprint density at radius 3 is 2.27 bits per heavy atom. The van der Waals surface area contributed by atoms with Gasteiger partial charge in [0.25, 0.3) is 0 Å². The summed E-state index contributed by atoms with van der Waals surface area (Å²) in [5.41, 5.74) is 0.616. The summed E-state index contributed by atoms with van der Waals surface area (Å²) >= 11 is 0. The minimum absolute atomic E-state index is 0.616. The molecule has 1 aliphatic heterocycles. The molecule has 0 aromatic carbocycles. The highest BCUT2D eigenvalue weighted by molar-refractivity contribution is 4.92. The van der Waals surface area contributed by atoms with Crippen molar-refractivity contribution in [1.82, 2.24) is 15.1 Å². The van der Waals surface area contributed by atoms with Crippen LogP contribution in [0, 0.1) is 5.41 Å². The van der Waals surface area contributed by atoms with Crippen LogP contribution in [0.2, 0.25) is 0 Å². The number of likely N-dealkylation sites (N-methyl/N-ethyl adjacent to an activating group) is 1. The van der Waals surface area contributed by atoms with Gasteiger partial charge >= 0.3 is 0 Å². The summed E-state index contributed by atoms with van der Waals surface area (Å²) in [7, 11) is 4.31. The van der Waals surface area contributed by atoms with Gasteiger partial charge in [-0.1, -0.05) is 6.42 Å². The molecule has 0 bridgehead atoms. The maximum atomic E-state index is 3.37. The Kier molecular flexibility index (Phi) is 3.65. The fourth-order valence-electron chi connectivity index (χ4n) is 2.92. The minimum Gasteiger partial charge on any atom is -0.319 e. The van der Waals surface area contributed by atoms with Gasteiger partial charge in [-0.15, -0.1) is 0 Å². The Bertz CT molecular complexity index is 193. The Hall–Kier alpha value is -0.120. The summed E-state index contributed by atoms with van der Waals surface area (Å²) in [5, 5.41) is 3.37. The minimum atomic E-state index is 0.616. The van der Waals surface area contributed by atoms with Crippen LogP contribution in [-0.4, -0.2) is 63.2 Å². The van der Waals surface area contributed by atoms with Crippen LogP contribution in [0.5, 0.6) is 0 Å². The summed E-state index contributed by atoms with van der Waals surface area (Å²) in [6, 6.07) is 0. The van der Waals surface area contributed by atoms with E-state index in [1.165, 1.54) is 58.5 Å². The summed E-state index contributed by atoms with van der Waals surface area (Å²) in [6.07, 6.45) is 4.30. The van der Waals surface area contributed by atoms with E-state index in [-0.39, 0.29) is 0 Å². The van der Waals surface area contributed by atoms with Crippen molar-refractivity contribution >= 4 is 0 Å². The average Bonchev–Trinajstić information content (AvgIpc) is 2.18. The van der Waals surface area contributed by atoms with Crippen molar-refractivity contribution in [3.05, 3.63) is 0 Å². The van der Waals surface area contributed by atoms with Gasteiger partial charge in [-0.25, -0.2) is 0 Å². The Morgan fingerprint density at radius 1 is 1.13 bits per heavy atom. The van der Waals surface area contributed by atoms with Crippen molar-refractivity contribution in [3.63, 3.8) is 0 Å².